The zero-order chi connectivity index (χ0) is 13.9. The number of nitrogens with one attached hydrogen (secondary N) is 1. The lowest BCUT2D eigenvalue weighted by molar-refractivity contribution is 0.590. The van der Waals surface area contributed by atoms with E-state index < -0.39 is 0 Å². The molecule has 0 aliphatic carbocycles. The highest BCUT2D eigenvalue weighted by Gasteiger charge is 2.17. The average molecular weight is 288 g/mol. The Morgan fingerprint density at radius 3 is 3.05 bits per heavy atom. The van der Waals surface area contributed by atoms with Crippen LogP contribution in [0.4, 0.5) is 0 Å². The standard InChI is InChI=1S/C13H16N6S/c14-11(15)9-5-4-7-16-12(9)20-13-18-17-10-6-2-1-3-8-19(10)13/h4-5,7H,1-3,6,8H2,(H3,14,15). The first-order chi connectivity index (χ1) is 9.75. The fraction of sp³-hybridized carbons (Fsp3) is 0.385. The number of hydrogen-bond acceptors (Lipinski definition) is 5. The van der Waals surface area contributed by atoms with Crippen LogP contribution in [0.3, 0.4) is 0 Å². The highest BCUT2D eigenvalue weighted by atomic mass is 32.2. The van der Waals surface area contributed by atoms with Gasteiger partial charge >= 0.3 is 0 Å². The lowest BCUT2D eigenvalue weighted by Crippen LogP contribution is -2.13. The van der Waals surface area contributed by atoms with Crippen LogP contribution in [0.25, 0.3) is 0 Å². The molecular weight excluding hydrogens is 272 g/mol. The van der Waals surface area contributed by atoms with Gasteiger partial charge in [-0.2, -0.15) is 0 Å². The van der Waals surface area contributed by atoms with E-state index in [-0.39, 0.29) is 5.84 Å². The molecule has 1 aliphatic heterocycles. The van der Waals surface area contributed by atoms with Crippen LogP contribution in [0.1, 0.15) is 30.7 Å². The van der Waals surface area contributed by atoms with Crippen molar-refractivity contribution in [3.05, 3.63) is 29.7 Å². The molecule has 3 N–H and O–H groups in total. The maximum absolute atomic E-state index is 7.61. The summed E-state index contributed by atoms with van der Waals surface area (Å²) < 4.78 is 2.16. The highest BCUT2D eigenvalue weighted by Crippen LogP contribution is 2.29. The predicted octanol–water partition coefficient (Wildman–Crippen LogP) is 1.83. The number of hydrogen-bond donors (Lipinski definition) is 2. The van der Waals surface area contributed by atoms with E-state index in [1.165, 1.54) is 24.6 Å². The van der Waals surface area contributed by atoms with E-state index in [0.717, 1.165) is 30.4 Å². The zero-order valence-corrected chi connectivity index (χ0v) is 11.9. The second-order valence-corrected chi connectivity index (χ2v) is 5.69. The summed E-state index contributed by atoms with van der Waals surface area (Å²) in [6.07, 6.45) is 6.24. The first-order valence-corrected chi connectivity index (χ1v) is 7.46. The van der Waals surface area contributed by atoms with E-state index in [0.29, 0.717) is 10.6 Å². The minimum atomic E-state index is 0.0243. The van der Waals surface area contributed by atoms with E-state index in [1.54, 1.807) is 18.3 Å². The molecule has 0 fully saturated rings. The van der Waals surface area contributed by atoms with Crippen LogP contribution in [-0.2, 0) is 13.0 Å². The van der Waals surface area contributed by atoms with Crippen molar-refractivity contribution in [3.63, 3.8) is 0 Å². The minimum absolute atomic E-state index is 0.0243. The van der Waals surface area contributed by atoms with E-state index in [2.05, 4.69) is 19.7 Å². The Labute approximate surface area is 121 Å². The van der Waals surface area contributed by atoms with Crippen LogP contribution in [0.2, 0.25) is 0 Å². The van der Waals surface area contributed by atoms with Gasteiger partial charge in [-0.25, -0.2) is 4.98 Å². The largest absolute Gasteiger partial charge is 0.384 e. The number of aryl methyl sites for hydroxylation is 1. The highest BCUT2D eigenvalue weighted by molar-refractivity contribution is 7.99. The molecule has 3 rings (SSSR count). The van der Waals surface area contributed by atoms with E-state index in [4.69, 9.17) is 11.1 Å². The molecule has 2 aromatic rings. The van der Waals surface area contributed by atoms with Crippen molar-refractivity contribution >= 4 is 17.6 Å². The Morgan fingerprint density at radius 1 is 1.30 bits per heavy atom. The SMILES string of the molecule is N=C(N)c1cccnc1Sc1nnc2n1CCCCC2. The molecular formula is C13H16N6S. The van der Waals surface area contributed by atoms with Gasteiger partial charge in [0.15, 0.2) is 5.16 Å². The molecule has 20 heavy (non-hydrogen) atoms. The normalized spacial score (nSPS) is 14.6. The van der Waals surface area contributed by atoms with Gasteiger partial charge in [-0.05, 0) is 36.7 Å². The van der Waals surface area contributed by atoms with Gasteiger partial charge in [0.1, 0.15) is 16.7 Å². The van der Waals surface area contributed by atoms with Crippen molar-refractivity contribution in [1.29, 1.82) is 5.41 Å². The average Bonchev–Trinajstić information content (AvgIpc) is 2.68. The molecule has 7 heteroatoms. The van der Waals surface area contributed by atoms with Gasteiger partial charge in [-0.15, -0.1) is 10.2 Å². The number of nitrogens with two attached hydrogens (primary N) is 1. The molecule has 0 spiro atoms. The zero-order valence-electron chi connectivity index (χ0n) is 11.0. The molecule has 0 aromatic carbocycles. The molecule has 2 aromatic heterocycles. The Kier molecular flexibility index (Phi) is 3.68. The van der Waals surface area contributed by atoms with E-state index in [9.17, 15) is 0 Å². The third-order valence-electron chi connectivity index (χ3n) is 3.32. The Hall–Kier alpha value is -1.89. The van der Waals surface area contributed by atoms with Crippen LogP contribution in [0.15, 0.2) is 28.5 Å². The van der Waals surface area contributed by atoms with Crippen molar-refractivity contribution in [2.24, 2.45) is 5.73 Å². The molecule has 0 saturated heterocycles. The second-order valence-electron chi connectivity index (χ2n) is 4.73. The summed E-state index contributed by atoms with van der Waals surface area (Å²) in [6, 6.07) is 3.59. The molecule has 3 heterocycles. The Bertz CT molecular complexity index is 636. The number of aromatic nitrogens is 4. The van der Waals surface area contributed by atoms with Gasteiger partial charge in [-0.3, -0.25) is 5.41 Å². The Morgan fingerprint density at radius 2 is 2.20 bits per heavy atom. The number of pyridine rings is 1. The first-order valence-electron chi connectivity index (χ1n) is 6.65. The van der Waals surface area contributed by atoms with Crippen molar-refractivity contribution in [2.45, 2.75) is 42.4 Å². The molecule has 104 valence electrons. The number of amidine groups is 1. The lowest BCUT2D eigenvalue weighted by Gasteiger charge is -2.08. The van der Waals surface area contributed by atoms with Crippen LogP contribution in [0.5, 0.6) is 0 Å². The summed E-state index contributed by atoms with van der Waals surface area (Å²) in [5.74, 6) is 1.07. The summed E-state index contributed by atoms with van der Waals surface area (Å²) in [5, 5.41) is 17.7. The molecule has 0 radical (unpaired) electrons. The lowest BCUT2D eigenvalue weighted by atomic mass is 10.2. The molecule has 0 bridgehead atoms. The molecule has 0 amide bonds. The first kappa shape index (κ1) is 13.1. The van der Waals surface area contributed by atoms with Crippen molar-refractivity contribution < 1.29 is 0 Å². The van der Waals surface area contributed by atoms with Gasteiger partial charge in [0.2, 0.25) is 0 Å². The summed E-state index contributed by atoms with van der Waals surface area (Å²) in [5.41, 5.74) is 6.24. The van der Waals surface area contributed by atoms with Crippen LogP contribution in [-0.4, -0.2) is 25.6 Å². The summed E-state index contributed by atoms with van der Waals surface area (Å²) in [7, 11) is 0. The number of rotatable bonds is 3. The predicted molar refractivity (Wildman–Crippen MR) is 77.0 cm³/mol. The van der Waals surface area contributed by atoms with Gasteiger partial charge in [0.25, 0.3) is 0 Å². The molecule has 0 atom stereocenters. The molecule has 6 nitrogen and oxygen atoms in total. The van der Waals surface area contributed by atoms with Gasteiger partial charge in [0.05, 0.1) is 0 Å². The third kappa shape index (κ3) is 2.53. The van der Waals surface area contributed by atoms with E-state index in [1.807, 2.05) is 0 Å². The van der Waals surface area contributed by atoms with Gasteiger partial charge < -0.3 is 10.3 Å². The molecule has 1 aliphatic rings. The van der Waals surface area contributed by atoms with Gasteiger partial charge in [0, 0.05) is 24.7 Å². The summed E-state index contributed by atoms with van der Waals surface area (Å²) >= 11 is 1.43. The second kappa shape index (κ2) is 5.62. The summed E-state index contributed by atoms with van der Waals surface area (Å²) in [4.78, 5) is 4.31. The topological polar surface area (TPSA) is 93.5 Å². The minimum Gasteiger partial charge on any atom is -0.384 e. The molecule has 0 unspecified atom stereocenters. The fourth-order valence-corrected chi connectivity index (χ4v) is 3.26. The maximum Gasteiger partial charge on any atom is 0.197 e. The molecule has 0 saturated carbocycles. The van der Waals surface area contributed by atoms with Crippen LogP contribution >= 0.6 is 11.8 Å². The van der Waals surface area contributed by atoms with Gasteiger partial charge in [-0.1, -0.05) is 6.42 Å². The monoisotopic (exact) mass is 288 g/mol. The smallest absolute Gasteiger partial charge is 0.197 e. The van der Waals surface area contributed by atoms with Crippen LogP contribution in [0, 0.1) is 5.41 Å². The van der Waals surface area contributed by atoms with Crippen molar-refractivity contribution in [2.75, 3.05) is 0 Å². The third-order valence-corrected chi connectivity index (χ3v) is 4.33. The van der Waals surface area contributed by atoms with Crippen molar-refractivity contribution in [1.82, 2.24) is 19.7 Å². The summed E-state index contributed by atoms with van der Waals surface area (Å²) in [6.45, 7) is 0.951. The number of fused-ring (bicyclic) bond motifs is 1. The van der Waals surface area contributed by atoms with Crippen LogP contribution < -0.4 is 5.73 Å². The number of nitrogen functional groups attached to an aromatic ring is 1. The quantitative estimate of drug-likeness (QED) is 0.664. The van der Waals surface area contributed by atoms with Crippen molar-refractivity contribution in [3.8, 4) is 0 Å². The Balaban J connectivity index is 1.92. The number of nitrogens with zero attached hydrogens (tertiary/aromatic N) is 4. The maximum atomic E-state index is 7.61. The van der Waals surface area contributed by atoms with E-state index >= 15 is 0 Å². The fourth-order valence-electron chi connectivity index (χ4n) is 2.30.